The molecule has 2 atom stereocenters. The first kappa shape index (κ1) is 13.0. The molecule has 2 unspecified atom stereocenters. The Bertz CT molecular complexity index is 418. The average molecular weight is 250 g/mol. The summed E-state index contributed by atoms with van der Waals surface area (Å²) in [6, 6.07) is 6.85. The van der Waals surface area contributed by atoms with Gasteiger partial charge in [0.15, 0.2) is 0 Å². The molecule has 0 saturated carbocycles. The minimum Gasteiger partial charge on any atom is -0.352 e. The minimum absolute atomic E-state index is 0.00755. The lowest BCUT2D eigenvalue weighted by Gasteiger charge is -2.36. The van der Waals surface area contributed by atoms with Crippen molar-refractivity contribution in [3.63, 3.8) is 0 Å². The van der Waals surface area contributed by atoms with Gasteiger partial charge in [-0.05, 0) is 37.1 Å². The Morgan fingerprint density at radius 3 is 2.61 bits per heavy atom. The first-order chi connectivity index (χ1) is 8.54. The molecule has 98 valence electrons. The average Bonchev–Trinajstić information content (AvgIpc) is 2.28. The van der Waals surface area contributed by atoms with E-state index in [1.807, 2.05) is 19.2 Å². The summed E-state index contributed by atoms with van der Waals surface area (Å²) < 4.78 is 12.9. The number of hydrogen-bond acceptors (Lipinski definition) is 2. The Hall–Kier alpha value is -1.42. The van der Waals surface area contributed by atoms with Crippen LogP contribution in [0.1, 0.15) is 24.8 Å². The highest BCUT2D eigenvalue weighted by molar-refractivity contribution is 5.73. The molecule has 0 aromatic heterocycles. The summed E-state index contributed by atoms with van der Waals surface area (Å²) in [5, 5.41) is 2.97. The monoisotopic (exact) mass is 250 g/mol. The smallest absolute Gasteiger partial charge is 0.217 e. The predicted molar refractivity (Wildman–Crippen MR) is 68.9 cm³/mol. The minimum atomic E-state index is -0.207. The molecule has 0 aliphatic carbocycles. The number of likely N-dealkylation sites (tertiary alicyclic amines) is 1. The molecule has 0 radical (unpaired) electrons. The van der Waals surface area contributed by atoms with Gasteiger partial charge in [0.05, 0.1) is 0 Å². The summed E-state index contributed by atoms with van der Waals surface area (Å²) >= 11 is 0. The van der Waals surface area contributed by atoms with Crippen LogP contribution in [0.2, 0.25) is 0 Å². The van der Waals surface area contributed by atoms with Gasteiger partial charge in [0.2, 0.25) is 5.91 Å². The van der Waals surface area contributed by atoms with Crippen molar-refractivity contribution in [2.75, 3.05) is 20.1 Å². The topological polar surface area (TPSA) is 32.3 Å². The zero-order valence-corrected chi connectivity index (χ0v) is 10.8. The van der Waals surface area contributed by atoms with Gasteiger partial charge in [-0.1, -0.05) is 12.1 Å². The first-order valence-corrected chi connectivity index (χ1v) is 6.25. The predicted octanol–water partition coefficient (Wildman–Crippen LogP) is 1.75. The number of halogens is 1. The normalized spacial score (nSPS) is 24.8. The number of carbonyl (C=O) groups excluding carboxylic acids is 1. The standard InChI is InChI=1S/C14H19FN2O/c1-10(18)16-14-7-12(8-17(2)9-14)11-3-5-13(15)6-4-11/h3-6,12,14H,7-9H2,1-2H3,(H,16,18). The largest absolute Gasteiger partial charge is 0.352 e. The molecule has 1 aromatic carbocycles. The van der Waals surface area contributed by atoms with Crippen molar-refractivity contribution in [1.29, 1.82) is 0 Å². The number of likely N-dealkylation sites (N-methyl/N-ethyl adjacent to an activating group) is 1. The van der Waals surface area contributed by atoms with E-state index >= 15 is 0 Å². The summed E-state index contributed by atoms with van der Waals surface area (Å²) in [6.45, 7) is 3.36. The second-order valence-corrected chi connectivity index (χ2v) is 5.10. The van der Waals surface area contributed by atoms with E-state index in [2.05, 4.69) is 10.2 Å². The van der Waals surface area contributed by atoms with Crippen LogP contribution in [-0.4, -0.2) is 37.0 Å². The third-order valence-corrected chi connectivity index (χ3v) is 3.38. The van der Waals surface area contributed by atoms with Crippen LogP contribution in [0.3, 0.4) is 0 Å². The van der Waals surface area contributed by atoms with Gasteiger partial charge in [0, 0.05) is 26.1 Å². The van der Waals surface area contributed by atoms with Crippen LogP contribution in [0, 0.1) is 5.82 Å². The lowest BCUT2D eigenvalue weighted by atomic mass is 9.88. The van der Waals surface area contributed by atoms with Gasteiger partial charge in [-0.25, -0.2) is 4.39 Å². The van der Waals surface area contributed by atoms with Crippen molar-refractivity contribution < 1.29 is 9.18 Å². The zero-order chi connectivity index (χ0) is 13.1. The van der Waals surface area contributed by atoms with Gasteiger partial charge in [-0.15, -0.1) is 0 Å². The molecule has 1 saturated heterocycles. The molecule has 3 nitrogen and oxygen atoms in total. The molecule has 2 rings (SSSR count). The third-order valence-electron chi connectivity index (χ3n) is 3.38. The fraction of sp³-hybridized carbons (Fsp3) is 0.500. The Morgan fingerprint density at radius 1 is 1.33 bits per heavy atom. The van der Waals surface area contributed by atoms with Crippen molar-refractivity contribution in [2.45, 2.75) is 25.3 Å². The lowest BCUT2D eigenvalue weighted by Crippen LogP contribution is -2.48. The fourth-order valence-electron chi connectivity index (χ4n) is 2.69. The van der Waals surface area contributed by atoms with E-state index in [9.17, 15) is 9.18 Å². The maximum absolute atomic E-state index is 12.9. The molecular weight excluding hydrogens is 231 g/mol. The SMILES string of the molecule is CC(=O)NC1CC(c2ccc(F)cc2)CN(C)C1. The molecule has 1 aliphatic heterocycles. The van der Waals surface area contributed by atoms with Crippen LogP contribution >= 0.6 is 0 Å². The maximum Gasteiger partial charge on any atom is 0.217 e. The van der Waals surface area contributed by atoms with E-state index in [-0.39, 0.29) is 17.8 Å². The number of carbonyl (C=O) groups is 1. The maximum atomic E-state index is 12.9. The molecule has 0 spiro atoms. The molecule has 1 fully saturated rings. The van der Waals surface area contributed by atoms with Crippen LogP contribution in [0.5, 0.6) is 0 Å². The third kappa shape index (κ3) is 3.29. The summed E-state index contributed by atoms with van der Waals surface area (Å²) in [7, 11) is 2.05. The first-order valence-electron chi connectivity index (χ1n) is 6.25. The highest BCUT2D eigenvalue weighted by atomic mass is 19.1. The number of benzene rings is 1. The fourth-order valence-corrected chi connectivity index (χ4v) is 2.69. The summed E-state index contributed by atoms with van der Waals surface area (Å²) in [5.41, 5.74) is 1.14. The zero-order valence-electron chi connectivity index (χ0n) is 10.8. The van der Waals surface area contributed by atoms with E-state index in [4.69, 9.17) is 0 Å². The molecule has 1 aromatic rings. The molecule has 1 aliphatic rings. The second kappa shape index (κ2) is 5.48. The van der Waals surface area contributed by atoms with Crippen LogP contribution < -0.4 is 5.32 Å². The van der Waals surface area contributed by atoms with E-state index < -0.39 is 0 Å². The van der Waals surface area contributed by atoms with Crippen molar-refractivity contribution in [3.8, 4) is 0 Å². The summed E-state index contributed by atoms with van der Waals surface area (Å²) in [5.74, 6) is 0.149. The van der Waals surface area contributed by atoms with E-state index in [0.717, 1.165) is 25.1 Å². The summed E-state index contributed by atoms with van der Waals surface area (Å²) in [6.07, 6.45) is 0.912. The van der Waals surface area contributed by atoms with Crippen LogP contribution in [0.4, 0.5) is 4.39 Å². The highest BCUT2D eigenvalue weighted by Crippen LogP contribution is 2.26. The van der Waals surface area contributed by atoms with Gasteiger partial charge in [0.1, 0.15) is 5.82 Å². The van der Waals surface area contributed by atoms with E-state index in [1.54, 1.807) is 6.92 Å². The van der Waals surface area contributed by atoms with Crippen molar-refractivity contribution in [1.82, 2.24) is 10.2 Å². The molecule has 1 amide bonds. The van der Waals surface area contributed by atoms with Crippen molar-refractivity contribution in [3.05, 3.63) is 35.6 Å². The molecular formula is C14H19FN2O. The van der Waals surface area contributed by atoms with Gasteiger partial charge in [-0.3, -0.25) is 4.79 Å². The number of nitrogens with one attached hydrogen (secondary N) is 1. The van der Waals surface area contributed by atoms with Gasteiger partial charge in [-0.2, -0.15) is 0 Å². The van der Waals surface area contributed by atoms with Crippen molar-refractivity contribution >= 4 is 5.91 Å². The van der Waals surface area contributed by atoms with Crippen LogP contribution in [0.15, 0.2) is 24.3 Å². The molecule has 1 N–H and O–H groups in total. The molecule has 0 bridgehead atoms. The summed E-state index contributed by atoms with van der Waals surface area (Å²) in [4.78, 5) is 13.3. The van der Waals surface area contributed by atoms with E-state index in [1.165, 1.54) is 12.1 Å². The lowest BCUT2D eigenvalue weighted by molar-refractivity contribution is -0.120. The Labute approximate surface area is 107 Å². The second-order valence-electron chi connectivity index (χ2n) is 5.10. The van der Waals surface area contributed by atoms with Gasteiger partial charge >= 0.3 is 0 Å². The quantitative estimate of drug-likeness (QED) is 0.867. The van der Waals surface area contributed by atoms with Crippen LogP contribution in [-0.2, 0) is 4.79 Å². The van der Waals surface area contributed by atoms with Gasteiger partial charge < -0.3 is 10.2 Å². The van der Waals surface area contributed by atoms with E-state index in [0.29, 0.717) is 5.92 Å². The number of nitrogens with zero attached hydrogens (tertiary/aromatic N) is 1. The van der Waals surface area contributed by atoms with Crippen LogP contribution in [0.25, 0.3) is 0 Å². The number of hydrogen-bond donors (Lipinski definition) is 1. The van der Waals surface area contributed by atoms with Gasteiger partial charge in [0.25, 0.3) is 0 Å². The number of piperidine rings is 1. The van der Waals surface area contributed by atoms with Crippen molar-refractivity contribution in [2.24, 2.45) is 0 Å². The Balaban J connectivity index is 2.08. The Morgan fingerprint density at radius 2 is 2.00 bits per heavy atom. The molecule has 4 heteroatoms. The molecule has 1 heterocycles. The number of rotatable bonds is 2. The highest BCUT2D eigenvalue weighted by Gasteiger charge is 2.26. The molecule has 18 heavy (non-hydrogen) atoms. The Kier molecular flexibility index (Phi) is 3.97. The number of amides is 1.